The van der Waals surface area contributed by atoms with Crippen LogP contribution in [0.25, 0.3) is 0 Å². The van der Waals surface area contributed by atoms with Gasteiger partial charge in [-0.25, -0.2) is 0 Å². The summed E-state index contributed by atoms with van der Waals surface area (Å²) in [5, 5.41) is 8.54. The van der Waals surface area contributed by atoms with Crippen LogP contribution in [0.5, 0.6) is 11.5 Å². The van der Waals surface area contributed by atoms with Crippen molar-refractivity contribution >= 4 is 11.8 Å². The number of carbonyl (C=O) groups excluding carboxylic acids is 1. The van der Waals surface area contributed by atoms with Crippen molar-refractivity contribution in [3.8, 4) is 11.5 Å². The van der Waals surface area contributed by atoms with Gasteiger partial charge in [-0.15, -0.1) is 0 Å². The van der Waals surface area contributed by atoms with Gasteiger partial charge in [-0.3, -0.25) is 9.59 Å². The first-order valence-electron chi connectivity index (χ1n) is 8.05. The Balaban J connectivity index is 2.28. The first-order chi connectivity index (χ1) is 11.1. The molecule has 1 rings (SSSR count). The van der Waals surface area contributed by atoms with E-state index in [0.717, 1.165) is 38.5 Å². The number of rotatable bonds is 12. The summed E-state index contributed by atoms with van der Waals surface area (Å²) in [6, 6.07) is 5.22. The van der Waals surface area contributed by atoms with E-state index in [4.69, 9.17) is 14.6 Å². The Kier molecular flexibility index (Phi) is 8.80. The average Bonchev–Trinajstić information content (AvgIpc) is 2.56. The third-order valence-electron chi connectivity index (χ3n) is 3.75. The van der Waals surface area contributed by atoms with Crippen LogP contribution in [0.3, 0.4) is 0 Å². The van der Waals surface area contributed by atoms with Crippen LogP contribution in [0.4, 0.5) is 0 Å². The minimum atomic E-state index is -0.732. The van der Waals surface area contributed by atoms with Crippen LogP contribution in [-0.2, 0) is 4.79 Å². The van der Waals surface area contributed by atoms with Crippen LogP contribution in [0.1, 0.15) is 61.7 Å². The number of carboxylic acid groups (broad SMARTS) is 1. The Morgan fingerprint density at radius 1 is 0.913 bits per heavy atom. The number of Topliss-reactive ketones (excluding diaryl/α,β-unsaturated/α-hetero) is 1. The molecule has 1 aromatic carbocycles. The van der Waals surface area contributed by atoms with Gasteiger partial charge in [-0.1, -0.05) is 25.7 Å². The number of carbonyl (C=O) groups is 2. The molecule has 0 radical (unpaired) electrons. The molecule has 23 heavy (non-hydrogen) atoms. The molecule has 5 heteroatoms. The van der Waals surface area contributed by atoms with E-state index < -0.39 is 5.97 Å². The molecular formula is C18H26O5. The maximum atomic E-state index is 12.2. The van der Waals surface area contributed by atoms with E-state index >= 15 is 0 Å². The summed E-state index contributed by atoms with van der Waals surface area (Å²) < 4.78 is 10.4. The SMILES string of the molecule is COc1ccc(C(=O)CCCCCCCCC(=O)O)c(OC)c1. The molecule has 0 heterocycles. The molecule has 5 nitrogen and oxygen atoms in total. The monoisotopic (exact) mass is 322 g/mol. The molecule has 0 saturated carbocycles. The van der Waals surface area contributed by atoms with Gasteiger partial charge >= 0.3 is 5.97 Å². The highest BCUT2D eigenvalue weighted by molar-refractivity contribution is 5.98. The molecule has 0 aliphatic heterocycles. The van der Waals surface area contributed by atoms with Crippen LogP contribution < -0.4 is 9.47 Å². The largest absolute Gasteiger partial charge is 0.497 e. The number of aliphatic carboxylic acids is 1. The second-order valence-electron chi connectivity index (χ2n) is 5.50. The molecular weight excluding hydrogens is 296 g/mol. The highest BCUT2D eigenvalue weighted by Gasteiger charge is 2.12. The fraction of sp³-hybridized carbons (Fsp3) is 0.556. The van der Waals surface area contributed by atoms with E-state index in [-0.39, 0.29) is 12.2 Å². The lowest BCUT2D eigenvalue weighted by molar-refractivity contribution is -0.137. The summed E-state index contributed by atoms with van der Waals surface area (Å²) >= 11 is 0. The van der Waals surface area contributed by atoms with Crippen molar-refractivity contribution < 1.29 is 24.2 Å². The Morgan fingerprint density at radius 2 is 1.52 bits per heavy atom. The predicted octanol–water partition coefficient (Wildman–Crippen LogP) is 4.09. The van der Waals surface area contributed by atoms with E-state index in [1.807, 2.05) is 0 Å². The number of methoxy groups -OCH3 is 2. The van der Waals surface area contributed by atoms with Crippen molar-refractivity contribution in [3.63, 3.8) is 0 Å². The first-order valence-corrected chi connectivity index (χ1v) is 8.05. The van der Waals surface area contributed by atoms with Gasteiger partial charge in [0.2, 0.25) is 0 Å². The number of ketones is 1. The van der Waals surface area contributed by atoms with Crippen LogP contribution >= 0.6 is 0 Å². The molecule has 0 saturated heterocycles. The molecule has 0 amide bonds. The summed E-state index contributed by atoms with van der Waals surface area (Å²) in [5.41, 5.74) is 0.592. The number of hydrogen-bond acceptors (Lipinski definition) is 4. The van der Waals surface area contributed by atoms with Gasteiger partial charge in [-0.05, 0) is 25.0 Å². The van der Waals surface area contributed by atoms with Crippen LogP contribution in [0.15, 0.2) is 18.2 Å². The lowest BCUT2D eigenvalue weighted by Crippen LogP contribution is -2.02. The summed E-state index contributed by atoms with van der Waals surface area (Å²) in [6.45, 7) is 0. The van der Waals surface area contributed by atoms with E-state index in [1.165, 1.54) is 0 Å². The van der Waals surface area contributed by atoms with Crippen molar-refractivity contribution in [2.45, 2.75) is 51.4 Å². The van der Waals surface area contributed by atoms with Crippen LogP contribution in [0, 0.1) is 0 Å². The van der Waals surface area contributed by atoms with Crippen molar-refractivity contribution in [2.24, 2.45) is 0 Å². The molecule has 0 fully saturated rings. The Labute approximate surface area is 137 Å². The second kappa shape index (κ2) is 10.6. The third kappa shape index (κ3) is 7.17. The normalized spacial score (nSPS) is 10.3. The highest BCUT2D eigenvalue weighted by atomic mass is 16.5. The molecule has 128 valence electrons. The summed E-state index contributed by atoms with van der Waals surface area (Å²) in [6.07, 6.45) is 6.29. The number of unbranched alkanes of at least 4 members (excludes halogenated alkanes) is 5. The van der Waals surface area contributed by atoms with Gasteiger partial charge < -0.3 is 14.6 Å². The topological polar surface area (TPSA) is 72.8 Å². The van der Waals surface area contributed by atoms with Crippen molar-refractivity contribution in [2.75, 3.05) is 14.2 Å². The number of carboxylic acids is 1. The molecule has 0 aromatic heterocycles. The molecule has 1 N–H and O–H groups in total. The first kappa shape index (κ1) is 19.0. The van der Waals surface area contributed by atoms with E-state index in [0.29, 0.717) is 23.5 Å². The fourth-order valence-electron chi connectivity index (χ4n) is 2.43. The zero-order valence-electron chi connectivity index (χ0n) is 14.0. The number of hydrogen-bond donors (Lipinski definition) is 1. The van der Waals surface area contributed by atoms with Gasteiger partial charge in [0.25, 0.3) is 0 Å². The van der Waals surface area contributed by atoms with Gasteiger partial charge in [0.15, 0.2) is 5.78 Å². The van der Waals surface area contributed by atoms with Gasteiger partial charge in [0.1, 0.15) is 11.5 Å². The zero-order valence-corrected chi connectivity index (χ0v) is 14.0. The molecule has 1 aromatic rings. The van der Waals surface area contributed by atoms with Crippen molar-refractivity contribution in [1.82, 2.24) is 0 Å². The van der Waals surface area contributed by atoms with Crippen molar-refractivity contribution in [1.29, 1.82) is 0 Å². The van der Waals surface area contributed by atoms with Crippen LogP contribution in [0.2, 0.25) is 0 Å². The fourth-order valence-corrected chi connectivity index (χ4v) is 2.43. The van der Waals surface area contributed by atoms with E-state index in [1.54, 1.807) is 32.4 Å². The molecule has 0 aliphatic rings. The summed E-state index contributed by atoms with van der Waals surface area (Å²) in [5.74, 6) is 0.558. The summed E-state index contributed by atoms with van der Waals surface area (Å²) in [4.78, 5) is 22.6. The average molecular weight is 322 g/mol. The summed E-state index contributed by atoms with van der Waals surface area (Å²) in [7, 11) is 3.12. The Bertz CT molecular complexity index is 510. The Hall–Kier alpha value is -2.04. The van der Waals surface area contributed by atoms with Crippen LogP contribution in [-0.4, -0.2) is 31.1 Å². The lowest BCUT2D eigenvalue weighted by atomic mass is 10.0. The molecule has 0 spiro atoms. The predicted molar refractivity (Wildman–Crippen MR) is 88.4 cm³/mol. The standard InChI is InChI=1S/C18H26O5/c1-22-14-11-12-15(17(13-14)23-2)16(19)9-7-5-3-4-6-8-10-18(20)21/h11-13H,3-10H2,1-2H3,(H,20,21). The maximum absolute atomic E-state index is 12.2. The molecule has 0 atom stereocenters. The highest BCUT2D eigenvalue weighted by Crippen LogP contribution is 2.26. The quantitative estimate of drug-likeness (QED) is 0.463. The minimum Gasteiger partial charge on any atom is -0.497 e. The Morgan fingerprint density at radius 3 is 2.09 bits per heavy atom. The number of ether oxygens (including phenoxy) is 2. The molecule has 0 unspecified atom stereocenters. The van der Waals surface area contributed by atoms with Gasteiger partial charge in [0.05, 0.1) is 19.8 Å². The van der Waals surface area contributed by atoms with Gasteiger partial charge in [-0.2, -0.15) is 0 Å². The van der Waals surface area contributed by atoms with Gasteiger partial charge in [0, 0.05) is 18.9 Å². The smallest absolute Gasteiger partial charge is 0.303 e. The van der Waals surface area contributed by atoms with Crippen molar-refractivity contribution in [3.05, 3.63) is 23.8 Å². The van der Waals surface area contributed by atoms with E-state index in [9.17, 15) is 9.59 Å². The lowest BCUT2D eigenvalue weighted by Gasteiger charge is -2.09. The number of benzene rings is 1. The zero-order chi connectivity index (χ0) is 17.1. The molecule has 0 aliphatic carbocycles. The van der Waals surface area contributed by atoms with E-state index in [2.05, 4.69) is 0 Å². The second-order valence-corrected chi connectivity index (χ2v) is 5.50. The third-order valence-corrected chi connectivity index (χ3v) is 3.75. The maximum Gasteiger partial charge on any atom is 0.303 e. The minimum absolute atomic E-state index is 0.0791. The molecule has 0 bridgehead atoms.